The average Bonchev–Trinajstić information content (AvgIpc) is 3.22. The molecule has 0 aromatic heterocycles. The molecule has 192 valence electrons. The van der Waals surface area contributed by atoms with Crippen molar-refractivity contribution in [2.24, 2.45) is 11.5 Å². The second-order valence-corrected chi connectivity index (χ2v) is 8.33. The molecule has 1 aliphatic heterocycles. The van der Waals surface area contributed by atoms with Gasteiger partial charge < -0.3 is 42.5 Å². The van der Waals surface area contributed by atoms with Crippen molar-refractivity contribution in [1.82, 2.24) is 20.9 Å². The maximum atomic E-state index is 13.0. The molecule has 15 heteroatoms. The first-order valence-corrected chi connectivity index (χ1v) is 11.3. The van der Waals surface area contributed by atoms with Gasteiger partial charge in [0, 0.05) is 18.7 Å². The number of thiol groups is 1. The van der Waals surface area contributed by atoms with E-state index in [1.54, 1.807) is 0 Å². The fraction of sp³-hybridized carbons (Fsp3) is 0.684. The molecule has 0 aromatic carbocycles. The third-order valence-corrected chi connectivity index (χ3v) is 5.65. The molecule has 0 spiro atoms. The molecule has 0 bridgehead atoms. The lowest BCUT2D eigenvalue weighted by molar-refractivity contribution is -0.141. The van der Waals surface area contributed by atoms with Crippen LogP contribution in [0.15, 0.2) is 0 Å². The van der Waals surface area contributed by atoms with E-state index in [9.17, 15) is 33.9 Å². The van der Waals surface area contributed by atoms with E-state index in [1.807, 2.05) is 5.32 Å². The average molecular weight is 505 g/mol. The third kappa shape index (κ3) is 9.05. The Hall–Kier alpha value is -3.07. The molecule has 9 N–H and O–H groups in total. The van der Waals surface area contributed by atoms with Crippen LogP contribution in [-0.2, 0) is 24.0 Å². The highest BCUT2D eigenvalue weighted by molar-refractivity contribution is 7.80. The Kier molecular flexibility index (Phi) is 11.6. The second-order valence-electron chi connectivity index (χ2n) is 7.97. The lowest BCUT2D eigenvalue weighted by atomic mass is 10.1. The van der Waals surface area contributed by atoms with Crippen molar-refractivity contribution in [2.45, 2.75) is 69.3 Å². The molecule has 0 saturated carbocycles. The number of aliphatic hydroxyl groups excluding tert-OH is 1. The largest absolute Gasteiger partial charge is 0.465 e. The molecule has 0 unspecified atom stereocenters. The van der Waals surface area contributed by atoms with E-state index in [1.165, 1.54) is 6.92 Å². The van der Waals surface area contributed by atoms with Crippen LogP contribution < -0.4 is 27.4 Å². The molecule has 0 aromatic rings. The number of primary amides is 2. The smallest absolute Gasteiger partial charge is 0.405 e. The molecule has 1 fully saturated rings. The lowest BCUT2D eigenvalue weighted by Gasteiger charge is -2.29. The number of hydrogen-bond acceptors (Lipinski definition) is 8. The van der Waals surface area contributed by atoms with Crippen molar-refractivity contribution in [3.63, 3.8) is 0 Å². The van der Waals surface area contributed by atoms with Crippen molar-refractivity contribution in [3.8, 4) is 0 Å². The summed E-state index contributed by atoms with van der Waals surface area (Å²) in [7, 11) is 0. The van der Waals surface area contributed by atoms with Crippen LogP contribution >= 0.6 is 12.6 Å². The van der Waals surface area contributed by atoms with E-state index in [0.29, 0.717) is 6.42 Å². The Morgan fingerprint density at radius 3 is 2.21 bits per heavy atom. The Balaban J connectivity index is 3.01. The predicted molar refractivity (Wildman–Crippen MR) is 121 cm³/mol. The summed E-state index contributed by atoms with van der Waals surface area (Å²) in [5.41, 5.74) is 10.3. The number of carboxylic acid groups (broad SMARTS) is 1. The van der Waals surface area contributed by atoms with E-state index < -0.39 is 72.3 Å². The first kappa shape index (κ1) is 29.0. The molecule has 0 aliphatic carbocycles. The minimum Gasteiger partial charge on any atom is -0.465 e. The number of nitrogens with two attached hydrogens (primary N) is 2. The van der Waals surface area contributed by atoms with Crippen molar-refractivity contribution in [1.29, 1.82) is 0 Å². The van der Waals surface area contributed by atoms with Gasteiger partial charge in [0.15, 0.2) is 0 Å². The van der Waals surface area contributed by atoms with Gasteiger partial charge in [-0.3, -0.25) is 24.0 Å². The number of aliphatic hydroxyl groups is 1. The predicted octanol–water partition coefficient (Wildman–Crippen LogP) is -2.97. The summed E-state index contributed by atoms with van der Waals surface area (Å²) in [6.07, 6.45) is -2.76. The molecule has 1 heterocycles. The zero-order valence-electron chi connectivity index (χ0n) is 18.7. The number of nitrogens with zero attached hydrogens (tertiary/aromatic N) is 1. The van der Waals surface area contributed by atoms with Gasteiger partial charge in [0.2, 0.25) is 29.5 Å². The molecule has 34 heavy (non-hydrogen) atoms. The highest BCUT2D eigenvalue weighted by atomic mass is 32.1. The van der Waals surface area contributed by atoms with Gasteiger partial charge in [0.25, 0.3) is 0 Å². The molecule has 0 radical (unpaired) electrons. The van der Waals surface area contributed by atoms with Gasteiger partial charge in [-0.25, -0.2) is 4.79 Å². The summed E-state index contributed by atoms with van der Waals surface area (Å²) in [5, 5.41) is 25.7. The Labute approximate surface area is 201 Å². The lowest BCUT2D eigenvalue weighted by Crippen LogP contribution is -2.58. The summed E-state index contributed by atoms with van der Waals surface area (Å²) in [4.78, 5) is 73.2. The normalized spacial score (nSPS) is 18.8. The minimum absolute atomic E-state index is 0.114. The zero-order chi connectivity index (χ0) is 26.0. The number of rotatable bonds is 13. The van der Waals surface area contributed by atoms with E-state index in [2.05, 4.69) is 23.3 Å². The fourth-order valence-electron chi connectivity index (χ4n) is 3.48. The number of amides is 6. The van der Waals surface area contributed by atoms with Gasteiger partial charge in [-0.2, -0.15) is 12.6 Å². The molecule has 6 amide bonds. The van der Waals surface area contributed by atoms with Gasteiger partial charge in [0.1, 0.15) is 18.1 Å². The molecule has 1 aliphatic rings. The highest BCUT2D eigenvalue weighted by Crippen LogP contribution is 2.20. The number of nitrogens with one attached hydrogen (secondary N) is 3. The summed E-state index contributed by atoms with van der Waals surface area (Å²) in [5.74, 6) is -3.68. The van der Waals surface area contributed by atoms with Crippen LogP contribution in [0.1, 0.15) is 39.0 Å². The van der Waals surface area contributed by atoms with Gasteiger partial charge in [-0.05, 0) is 26.2 Å². The number of likely N-dealkylation sites (tertiary alicyclic amines) is 1. The van der Waals surface area contributed by atoms with Gasteiger partial charge in [-0.1, -0.05) is 0 Å². The molecule has 1 saturated heterocycles. The monoisotopic (exact) mass is 504 g/mol. The standard InChI is InChI=1S/C19H32N6O8S/c1-9(26)12(8-34)23-16(29)10(4-5-14(20)27)22-17(30)13-3-2-6-25(13)18(31)11(7-15(21)28)24-19(32)33/h9-13,24,26,34H,2-8H2,1H3,(H2,20,27)(H2,21,28)(H,22,30)(H,23,29)(H,32,33)/t9-,10+,11+,12-,13+/m1/s1. The third-order valence-electron chi connectivity index (χ3n) is 5.26. The van der Waals surface area contributed by atoms with Crippen LogP contribution in [0.25, 0.3) is 0 Å². The van der Waals surface area contributed by atoms with E-state index >= 15 is 0 Å². The topological polar surface area (TPSA) is 234 Å². The van der Waals surface area contributed by atoms with Crippen molar-refractivity contribution in [2.75, 3.05) is 12.3 Å². The van der Waals surface area contributed by atoms with Crippen LogP contribution in [0.2, 0.25) is 0 Å². The Morgan fingerprint density at radius 2 is 1.71 bits per heavy atom. The van der Waals surface area contributed by atoms with Crippen molar-refractivity contribution in [3.05, 3.63) is 0 Å². The van der Waals surface area contributed by atoms with E-state index in [0.717, 1.165) is 4.90 Å². The molecule has 1 rings (SSSR count). The maximum Gasteiger partial charge on any atom is 0.405 e. The van der Waals surface area contributed by atoms with Gasteiger partial charge in [0.05, 0.1) is 18.6 Å². The summed E-state index contributed by atoms with van der Waals surface area (Å²) >= 11 is 4.06. The van der Waals surface area contributed by atoms with Crippen molar-refractivity contribution < 1.29 is 39.0 Å². The zero-order valence-corrected chi connectivity index (χ0v) is 19.6. The van der Waals surface area contributed by atoms with Crippen LogP contribution in [0, 0.1) is 0 Å². The minimum atomic E-state index is -1.54. The Morgan fingerprint density at radius 1 is 1.06 bits per heavy atom. The highest BCUT2D eigenvalue weighted by Gasteiger charge is 2.39. The summed E-state index contributed by atoms with van der Waals surface area (Å²) in [6.45, 7) is 1.57. The van der Waals surface area contributed by atoms with Gasteiger partial charge in [-0.15, -0.1) is 0 Å². The van der Waals surface area contributed by atoms with E-state index in [4.69, 9.17) is 16.6 Å². The molecular weight excluding hydrogens is 472 g/mol. The second kappa shape index (κ2) is 13.6. The van der Waals surface area contributed by atoms with Crippen molar-refractivity contribution >= 4 is 48.3 Å². The summed E-state index contributed by atoms with van der Waals surface area (Å²) in [6, 6.07) is -4.43. The van der Waals surface area contributed by atoms with Crippen LogP contribution in [0.4, 0.5) is 4.79 Å². The van der Waals surface area contributed by atoms with Gasteiger partial charge >= 0.3 is 6.09 Å². The maximum absolute atomic E-state index is 13.0. The summed E-state index contributed by atoms with van der Waals surface area (Å²) < 4.78 is 0. The molecule has 5 atom stereocenters. The number of carbonyl (C=O) groups excluding carboxylic acids is 5. The van der Waals surface area contributed by atoms with Crippen LogP contribution in [-0.4, -0.2) is 93.3 Å². The van der Waals surface area contributed by atoms with Crippen LogP contribution in [0.5, 0.6) is 0 Å². The van der Waals surface area contributed by atoms with E-state index in [-0.39, 0.29) is 31.6 Å². The molecule has 14 nitrogen and oxygen atoms in total. The number of carbonyl (C=O) groups is 6. The SMILES string of the molecule is C[C@@H](O)[C@@H](CS)NC(=O)[C@H](CCC(N)=O)NC(=O)[C@@H]1CCCN1C(=O)[C@H](CC(N)=O)NC(=O)O. The fourth-order valence-corrected chi connectivity index (χ4v) is 3.88. The first-order chi connectivity index (χ1) is 15.9. The van der Waals surface area contributed by atoms with Crippen LogP contribution in [0.3, 0.4) is 0 Å². The number of hydrogen-bond donors (Lipinski definition) is 8. The quantitative estimate of drug-likeness (QED) is 0.120. The first-order valence-electron chi connectivity index (χ1n) is 10.6. The molecular formula is C19H32N6O8S. The Bertz CT molecular complexity index is 779.